The first-order chi connectivity index (χ1) is 8.56. The van der Waals surface area contributed by atoms with Crippen molar-refractivity contribution < 1.29 is 4.79 Å². The van der Waals surface area contributed by atoms with Gasteiger partial charge in [0, 0.05) is 11.4 Å². The fraction of sp³-hybridized carbons (Fsp3) is 0.615. The minimum Gasteiger partial charge on any atom is -0.349 e. The lowest BCUT2D eigenvalue weighted by Crippen LogP contribution is -2.52. The van der Waals surface area contributed by atoms with E-state index in [1.54, 1.807) is 11.3 Å². The molecule has 1 aliphatic rings. The summed E-state index contributed by atoms with van der Waals surface area (Å²) in [4.78, 5) is 13.4. The Bertz CT molecular complexity index is 432. The van der Waals surface area contributed by atoms with E-state index >= 15 is 0 Å². The molecule has 3 nitrogen and oxygen atoms in total. The highest BCUT2D eigenvalue weighted by atomic mass is 79.9. The van der Waals surface area contributed by atoms with E-state index in [0.29, 0.717) is 6.54 Å². The molecule has 2 rings (SSSR count). The normalized spacial score (nSPS) is 18.7. The van der Waals surface area contributed by atoms with Gasteiger partial charge in [0.15, 0.2) is 0 Å². The highest BCUT2D eigenvalue weighted by Gasteiger charge is 2.35. The van der Waals surface area contributed by atoms with Crippen LogP contribution in [0.3, 0.4) is 0 Å². The topological polar surface area (TPSA) is 55.1 Å². The van der Waals surface area contributed by atoms with E-state index in [2.05, 4.69) is 21.2 Å². The van der Waals surface area contributed by atoms with Crippen molar-refractivity contribution in [1.29, 1.82) is 0 Å². The summed E-state index contributed by atoms with van der Waals surface area (Å²) >= 11 is 5.04. The van der Waals surface area contributed by atoms with Gasteiger partial charge in [0.25, 0.3) is 0 Å². The molecule has 0 spiro atoms. The number of hydrogen-bond donors (Lipinski definition) is 2. The second-order valence-corrected chi connectivity index (χ2v) is 7.54. The molecule has 1 heterocycles. The summed E-state index contributed by atoms with van der Waals surface area (Å²) in [5, 5.41) is 3.18. The molecule has 1 aromatic rings. The summed E-state index contributed by atoms with van der Waals surface area (Å²) in [5.74, 6) is -0.0120. The van der Waals surface area contributed by atoms with Gasteiger partial charge in [-0.05, 0) is 47.8 Å². The van der Waals surface area contributed by atoms with E-state index in [4.69, 9.17) is 5.73 Å². The molecule has 0 saturated heterocycles. The summed E-state index contributed by atoms with van der Waals surface area (Å²) in [5.41, 5.74) is 5.69. The van der Waals surface area contributed by atoms with Gasteiger partial charge < -0.3 is 11.1 Å². The fourth-order valence-electron chi connectivity index (χ4n) is 2.49. The second kappa shape index (κ2) is 7.07. The third-order valence-electron chi connectivity index (χ3n) is 3.75. The monoisotopic (exact) mass is 366 g/mol. The van der Waals surface area contributed by atoms with Crippen molar-refractivity contribution in [2.24, 2.45) is 5.73 Å². The number of halogens is 2. The predicted octanol–water partition coefficient (Wildman–Crippen LogP) is 3.42. The van der Waals surface area contributed by atoms with Gasteiger partial charge in [0.05, 0.1) is 15.2 Å². The number of rotatable bonds is 4. The molecule has 0 aliphatic heterocycles. The number of nitrogens with one attached hydrogen (secondary N) is 1. The summed E-state index contributed by atoms with van der Waals surface area (Å²) < 4.78 is 1.06. The van der Waals surface area contributed by atoms with E-state index in [0.717, 1.165) is 34.3 Å². The van der Waals surface area contributed by atoms with E-state index < -0.39 is 0 Å². The third-order valence-corrected chi connectivity index (χ3v) is 5.56. The Morgan fingerprint density at radius 2 is 2.16 bits per heavy atom. The molecule has 1 amide bonds. The quantitative estimate of drug-likeness (QED) is 0.856. The summed E-state index contributed by atoms with van der Waals surface area (Å²) in [6.45, 7) is 2.49. The van der Waals surface area contributed by atoms with Crippen molar-refractivity contribution in [3.05, 3.63) is 20.8 Å². The van der Waals surface area contributed by atoms with Crippen LogP contribution in [0.4, 0.5) is 0 Å². The van der Waals surface area contributed by atoms with Crippen LogP contribution >= 0.6 is 39.7 Å². The molecule has 19 heavy (non-hydrogen) atoms. The minimum atomic E-state index is -0.153. The van der Waals surface area contributed by atoms with Gasteiger partial charge in [-0.2, -0.15) is 0 Å². The van der Waals surface area contributed by atoms with Gasteiger partial charge in [0.2, 0.25) is 5.91 Å². The molecular weight excluding hydrogens is 348 g/mol. The van der Waals surface area contributed by atoms with Crippen LogP contribution in [-0.2, 0) is 4.79 Å². The second-order valence-electron chi connectivity index (χ2n) is 5.04. The number of amides is 1. The van der Waals surface area contributed by atoms with Gasteiger partial charge in [0.1, 0.15) is 0 Å². The Morgan fingerprint density at radius 1 is 1.53 bits per heavy atom. The summed E-state index contributed by atoms with van der Waals surface area (Å²) in [7, 11) is 0. The lowest BCUT2D eigenvalue weighted by Gasteiger charge is -2.30. The predicted molar refractivity (Wildman–Crippen MR) is 86.1 cm³/mol. The zero-order valence-corrected chi connectivity index (χ0v) is 14.2. The largest absolute Gasteiger partial charge is 0.349 e. The lowest BCUT2D eigenvalue weighted by atomic mass is 9.96. The smallest absolute Gasteiger partial charge is 0.228 e. The van der Waals surface area contributed by atoms with Crippen molar-refractivity contribution in [2.45, 2.75) is 44.1 Å². The summed E-state index contributed by atoms with van der Waals surface area (Å²) in [6, 6.07) is 3.99. The Kier molecular flexibility index (Phi) is 6.30. The lowest BCUT2D eigenvalue weighted by molar-refractivity contribution is -0.124. The average Bonchev–Trinajstić information content (AvgIpc) is 2.98. The van der Waals surface area contributed by atoms with Crippen molar-refractivity contribution >= 4 is 45.6 Å². The van der Waals surface area contributed by atoms with Crippen LogP contribution in [0.2, 0.25) is 0 Å². The van der Waals surface area contributed by atoms with Crippen LogP contribution in [0.5, 0.6) is 0 Å². The molecule has 1 fully saturated rings. The van der Waals surface area contributed by atoms with Crippen molar-refractivity contribution in [3.63, 3.8) is 0 Å². The number of carbonyl (C=O) groups excluding carboxylic acids is 1. The van der Waals surface area contributed by atoms with Gasteiger partial charge >= 0.3 is 0 Å². The zero-order chi connectivity index (χ0) is 13.2. The first-order valence-corrected chi connectivity index (χ1v) is 7.95. The zero-order valence-electron chi connectivity index (χ0n) is 10.9. The molecule has 108 valence electrons. The Balaban J connectivity index is 0.00000180. The van der Waals surface area contributed by atoms with E-state index in [-0.39, 0.29) is 29.8 Å². The first-order valence-electron chi connectivity index (χ1n) is 6.34. The molecule has 0 aromatic carbocycles. The van der Waals surface area contributed by atoms with Crippen molar-refractivity contribution in [1.82, 2.24) is 5.32 Å². The van der Waals surface area contributed by atoms with Gasteiger partial charge in [-0.3, -0.25) is 4.79 Å². The molecular formula is C13H20BrClN2OS. The highest BCUT2D eigenvalue weighted by molar-refractivity contribution is 9.11. The Hall–Kier alpha value is -0.100. The van der Waals surface area contributed by atoms with Gasteiger partial charge in [-0.15, -0.1) is 23.7 Å². The first kappa shape index (κ1) is 17.0. The average molecular weight is 368 g/mol. The van der Waals surface area contributed by atoms with Crippen LogP contribution in [0.15, 0.2) is 15.9 Å². The number of nitrogens with two attached hydrogens (primary N) is 1. The molecule has 3 N–H and O–H groups in total. The molecule has 6 heteroatoms. The van der Waals surface area contributed by atoms with Crippen LogP contribution < -0.4 is 11.1 Å². The van der Waals surface area contributed by atoms with Crippen molar-refractivity contribution in [2.75, 3.05) is 6.54 Å². The van der Waals surface area contributed by atoms with Crippen molar-refractivity contribution in [3.8, 4) is 0 Å². The number of thiophene rings is 1. The van der Waals surface area contributed by atoms with Crippen LogP contribution in [0.1, 0.15) is 43.4 Å². The molecule has 1 saturated carbocycles. The number of carbonyl (C=O) groups is 1. The van der Waals surface area contributed by atoms with Crippen LogP contribution in [0.25, 0.3) is 0 Å². The summed E-state index contributed by atoms with van der Waals surface area (Å²) in [6.07, 6.45) is 4.35. The van der Waals surface area contributed by atoms with Gasteiger partial charge in [-0.25, -0.2) is 0 Å². The molecule has 0 radical (unpaired) electrons. The maximum Gasteiger partial charge on any atom is 0.228 e. The maximum atomic E-state index is 12.3. The third kappa shape index (κ3) is 3.94. The van der Waals surface area contributed by atoms with E-state index in [1.165, 1.54) is 0 Å². The van der Waals surface area contributed by atoms with E-state index in [9.17, 15) is 4.79 Å². The molecule has 1 aliphatic carbocycles. The number of hydrogen-bond acceptors (Lipinski definition) is 3. The van der Waals surface area contributed by atoms with E-state index in [1.807, 2.05) is 19.1 Å². The highest BCUT2D eigenvalue weighted by Crippen LogP contribution is 2.32. The standard InChI is InChI=1S/C13H19BrN2OS.ClH/c1-9(10-4-5-11(14)18-10)12(17)16-13(8-15)6-2-3-7-13;/h4-5,9H,2-3,6-8,15H2,1H3,(H,16,17);1H. The Labute approximate surface area is 132 Å². The maximum absolute atomic E-state index is 12.3. The molecule has 1 unspecified atom stereocenters. The molecule has 1 aromatic heterocycles. The van der Waals surface area contributed by atoms with Crippen LogP contribution in [0, 0.1) is 0 Å². The SMILES string of the molecule is CC(C(=O)NC1(CN)CCCC1)c1ccc(Br)s1.Cl. The van der Waals surface area contributed by atoms with Gasteiger partial charge in [-0.1, -0.05) is 12.8 Å². The minimum absolute atomic E-state index is 0. The van der Waals surface area contributed by atoms with Crippen LogP contribution in [-0.4, -0.2) is 18.0 Å². The molecule has 1 atom stereocenters. The Morgan fingerprint density at radius 3 is 2.63 bits per heavy atom. The molecule has 0 bridgehead atoms. The fourth-order valence-corrected chi connectivity index (χ4v) is 3.97.